The van der Waals surface area contributed by atoms with Crippen molar-refractivity contribution in [2.45, 2.75) is 82.7 Å². The lowest BCUT2D eigenvalue weighted by Crippen LogP contribution is -2.45. The third-order valence-corrected chi connectivity index (χ3v) is 6.32. The van der Waals surface area contributed by atoms with E-state index in [0.29, 0.717) is 24.8 Å². The Balaban J connectivity index is 1.40. The Hall–Kier alpha value is -1.10. The number of nitrogens with zero attached hydrogens (tertiary/aromatic N) is 1. The predicted molar refractivity (Wildman–Crippen MR) is 94.3 cm³/mol. The summed E-state index contributed by atoms with van der Waals surface area (Å²) in [6.07, 6.45) is 11.5. The molecule has 2 aliphatic carbocycles. The minimum absolute atomic E-state index is 0.139. The monoisotopic (exact) mass is 335 g/mol. The van der Waals surface area contributed by atoms with Gasteiger partial charge in [-0.15, -0.1) is 0 Å². The topological polar surface area (TPSA) is 75.4 Å². The quantitative estimate of drug-likeness (QED) is 0.809. The summed E-state index contributed by atoms with van der Waals surface area (Å²) in [6.45, 7) is 1.46. The molecule has 0 aromatic carbocycles. The van der Waals surface area contributed by atoms with Crippen LogP contribution in [0.25, 0.3) is 0 Å². The molecule has 3 N–H and O–H groups in total. The number of nitrogens with two attached hydrogens (primary N) is 1. The first-order chi connectivity index (χ1) is 11.7. The first-order valence-corrected chi connectivity index (χ1v) is 9.97. The zero-order chi connectivity index (χ0) is 16.9. The molecule has 0 aromatic heterocycles. The van der Waals surface area contributed by atoms with Crippen molar-refractivity contribution in [3.63, 3.8) is 0 Å². The van der Waals surface area contributed by atoms with Gasteiger partial charge in [0.15, 0.2) is 0 Å². The molecule has 1 heterocycles. The standard InChI is InChI=1S/C19H33N3O2/c20-13-17-6-3-11-22(17)19(24)15-7-9-16(10-8-15)21-18(23)12-14-4-1-2-5-14/h14-17H,1-13,20H2,(H,21,23). The molecule has 3 fully saturated rings. The van der Waals surface area contributed by atoms with E-state index >= 15 is 0 Å². The van der Waals surface area contributed by atoms with Crippen LogP contribution < -0.4 is 11.1 Å². The summed E-state index contributed by atoms with van der Waals surface area (Å²) in [5, 5.41) is 3.21. The van der Waals surface area contributed by atoms with Crippen molar-refractivity contribution in [1.29, 1.82) is 0 Å². The third-order valence-electron chi connectivity index (χ3n) is 6.32. The van der Waals surface area contributed by atoms with Crippen molar-refractivity contribution in [3.05, 3.63) is 0 Å². The zero-order valence-electron chi connectivity index (χ0n) is 14.8. The zero-order valence-corrected chi connectivity index (χ0v) is 14.8. The Kier molecular flexibility index (Phi) is 6.14. The molecule has 5 nitrogen and oxygen atoms in total. The molecule has 1 saturated heterocycles. The second kappa shape index (κ2) is 8.32. The van der Waals surface area contributed by atoms with Crippen molar-refractivity contribution < 1.29 is 9.59 Å². The van der Waals surface area contributed by atoms with Gasteiger partial charge >= 0.3 is 0 Å². The maximum Gasteiger partial charge on any atom is 0.225 e. The Bertz CT molecular complexity index is 440. The lowest BCUT2D eigenvalue weighted by molar-refractivity contribution is -0.137. The number of likely N-dealkylation sites (tertiary alicyclic amines) is 1. The fourth-order valence-corrected chi connectivity index (χ4v) is 4.85. The second-order valence-electron chi connectivity index (χ2n) is 8.03. The van der Waals surface area contributed by atoms with E-state index in [-0.39, 0.29) is 23.9 Å². The van der Waals surface area contributed by atoms with E-state index in [1.165, 1.54) is 25.7 Å². The Morgan fingerprint density at radius 2 is 1.67 bits per heavy atom. The Labute approximate surface area is 145 Å². The average Bonchev–Trinajstić information content (AvgIpc) is 3.25. The maximum absolute atomic E-state index is 12.7. The molecule has 3 rings (SSSR count). The summed E-state index contributed by atoms with van der Waals surface area (Å²) in [5.41, 5.74) is 5.79. The van der Waals surface area contributed by atoms with Gasteiger partial charge in [-0.3, -0.25) is 9.59 Å². The van der Waals surface area contributed by atoms with Gasteiger partial charge in [-0.05, 0) is 57.3 Å². The maximum atomic E-state index is 12.7. The fourth-order valence-electron chi connectivity index (χ4n) is 4.85. The van der Waals surface area contributed by atoms with Crippen molar-refractivity contribution in [3.8, 4) is 0 Å². The van der Waals surface area contributed by atoms with E-state index in [1.807, 2.05) is 4.90 Å². The number of carbonyl (C=O) groups is 2. The summed E-state index contributed by atoms with van der Waals surface area (Å²) in [4.78, 5) is 26.9. The summed E-state index contributed by atoms with van der Waals surface area (Å²) in [7, 11) is 0. The van der Waals surface area contributed by atoms with E-state index in [1.54, 1.807) is 0 Å². The lowest BCUT2D eigenvalue weighted by atomic mass is 9.85. The molecular weight excluding hydrogens is 302 g/mol. The summed E-state index contributed by atoms with van der Waals surface area (Å²) >= 11 is 0. The molecule has 136 valence electrons. The van der Waals surface area contributed by atoms with Crippen LogP contribution in [-0.4, -0.2) is 41.9 Å². The normalized spacial score (nSPS) is 31.4. The highest BCUT2D eigenvalue weighted by atomic mass is 16.2. The molecule has 5 heteroatoms. The number of hydrogen-bond donors (Lipinski definition) is 2. The largest absolute Gasteiger partial charge is 0.353 e. The van der Waals surface area contributed by atoms with Gasteiger partial charge in [0.2, 0.25) is 11.8 Å². The predicted octanol–water partition coefficient (Wildman–Crippen LogP) is 2.19. The van der Waals surface area contributed by atoms with Crippen molar-refractivity contribution in [2.24, 2.45) is 17.6 Å². The van der Waals surface area contributed by atoms with E-state index < -0.39 is 0 Å². The molecule has 0 spiro atoms. The molecular formula is C19H33N3O2. The van der Waals surface area contributed by atoms with Crippen molar-refractivity contribution in [1.82, 2.24) is 10.2 Å². The summed E-state index contributed by atoms with van der Waals surface area (Å²) < 4.78 is 0. The van der Waals surface area contributed by atoms with Gasteiger partial charge < -0.3 is 16.0 Å². The second-order valence-corrected chi connectivity index (χ2v) is 8.03. The first-order valence-electron chi connectivity index (χ1n) is 9.97. The first kappa shape index (κ1) is 17.7. The van der Waals surface area contributed by atoms with Gasteiger partial charge in [-0.25, -0.2) is 0 Å². The van der Waals surface area contributed by atoms with Crippen LogP contribution in [0, 0.1) is 11.8 Å². The molecule has 0 bridgehead atoms. The summed E-state index contributed by atoms with van der Waals surface area (Å²) in [5.74, 6) is 1.27. The molecule has 24 heavy (non-hydrogen) atoms. The molecule has 2 amide bonds. The van der Waals surface area contributed by atoms with Gasteiger partial charge in [0, 0.05) is 37.5 Å². The van der Waals surface area contributed by atoms with E-state index in [2.05, 4.69) is 5.32 Å². The number of amides is 2. The number of rotatable bonds is 5. The van der Waals surface area contributed by atoms with Crippen molar-refractivity contribution in [2.75, 3.05) is 13.1 Å². The highest BCUT2D eigenvalue weighted by Crippen LogP contribution is 2.30. The highest BCUT2D eigenvalue weighted by molar-refractivity contribution is 5.80. The van der Waals surface area contributed by atoms with Crippen LogP contribution in [0.4, 0.5) is 0 Å². The van der Waals surface area contributed by atoms with Gasteiger partial charge in [0.1, 0.15) is 0 Å². The number of carbonyl (C=O) groups excluding carboxylic acids is 2. The number of hydrogen-bond acceptors (Lipinski definition) is 3. The van der Waals surface area contributed by atoms with Crippen LogP contribution >= 0.6 is 0 Å². The lowest BCUT2D eigenvalue weighted by Gasteiger charge is -2.33. The number of nitrogens with one attached hydrogen (secondary N) is 1. The fraction of sp³-hybridized carbons (Fsp3) is 0.895. The third kappa shape index (κ3) is 4.29. The van der Waals surface area contributed by atoms with Gasteiger partial charge in [0.25, 0.3) is 0 Å². The molecule has 0 aromatic rings. The Morgan fingerprint density at radius 1 is 0.958 bits per heavy atom. The minimum Gasteiger partial charge on any atom is -0.353 e. The van der Waals surface area contributed by atoms with Crippen LogP contribution in [0.5, 0.6) is 0 Å². The molecule has 1 atom stereocenters. The Morgan fingerprint density at radius 3 is 2.33 bits per heavy atom. The van der Waals surface area contributed by atoms with Crippen LogP contribution in [0.15, 0.2) is 0 Å². The molecule has 1 unspecified atom stereocenters. The van der Waals surface area contributed by atoms with Gasteiger partial charge in [-0.1, -0.05) is 12.8 Å². The van der Waals surface area contributed by atoms with E-state index in [9.17, 15) is 9.59 Å². The smallest absolute Gasteiger partial charge is 0.225 e. The highest BCUT2D eigenvalue weighted by Gasteiger charge is 2.34. The minimum atomic E-state index is 0.139. The summed E-state index contributed by atoms with van der Waals surface area (Å²) in [6, 6.07) is 0.521. The van der Waals surface area contributed by atoms with Gasteiger partial charge in [-0.2, -0.15) is 0 Å². The van der Waals surface area contributed by atoms with E-state index in [0.717, 1.165) is 45.1 Å². The van der Waals surface area contributed by atoms with Crippen LogP contribution in [0.2, 0.25) is 0 Å². The molecule has 1 aliphatic heterocycles. The van der Waals surface area contributed by atoms with Crippen molar-refractivity contribution >= 4 is 11.8 Å². The molecule has 0 radical (unpaired) electrons. The van der Waals surface area contributed by atoms with Crippen LogP contribution in [-0.2, 0) is 9.59 Å². The SMILES string of the molecule is NCC1CCCN1C(=O)C1CCC(NC(=O)CC2CCCC2)CC1. The van der Waals surface area contributed by atoms with Crippen LogP contribution in [0.3, 0.4) is 0 Å². The average molecular weight is 335 g/mol. The van der Waals surface area contributed by atoms with Crippen LogP contribution in [0.1, 0.15) is 70.6 Å². The molecule has 3 aliphatic rings. The van der Waals surface area contributed by atoms with Gasteiger partial charge in [0.05, 0.1) is 0 Å². The van der Waals surface area contributed by atoms with E-state index in [4.69, 9.17) is 5.73 Å². The molecule has 2 saturated carbocycles.